The molecule has 1 saturated heterocycles. The van der Waals surface area contributed by atoms with Crippen LogP contribution in [0.2, 0.25) is 0 Å². The number of aromatic nitrogens is 2. The van der Waals surface area contributed by atoms with Crippen molar-refractivity contribution in [3.63, 3.8) is 0 Å². The summed E-state index contributed by atoms with van der Waals surface area (Å²) in [5, 5.41) is 5.22. The molecular weight excluding hydrogens is 322 g/mol. The molecule has 1 atom stereocenters. The fraction of sp³-hybridized carbons (Fsp3) is 0.471. The van der Waals surface area contributed by atoms with Crippen LogP contribution in [-0.4, -0.2) is 46.6 Å². The van der Waals surface area contributed by atoms with Crippen molar-refractivity contribution >= 4 is 23.3 Å². The van der Waals surface area contributed by atoms with Crippen LogP contribution in [0.15, 0.2) is 36.0 Å². The number of nitrogens with zero attached hydrogens (tertiary/aromatic N) is 4. The summed E-state index contributed by atoms with van der Waals surface area (Å²) in [5.41, 5.74) is 0. The van der Waals surface area contributed by atoms with Gasteiger partial charge in [0.15, 0.2) is 0 Å². The quantitative estimate of drug-likeness (QED) is 0.905. The second kappa shape index (κ2) is 8.10. The van der Waals surface area contributed by atoms with Gasteiger partial charge in [0, 0.05) is 42.9 Å². The molecule has 7 heteroatoms. The van der Waals surface area contributed by atoms with E-state index in [1.807, 2.05) is 29.3 Å². The topological polar surface area (TPSA) is 61.4 Å². The number of nitrogens with one attached hydrogen (secondary N) is 1. The number of carbonyl (C=O) groups is 1. The van der Waals surface area contributed by atoms with Gasteiger partial charge < -0.3 is 15.1 Å². The Morgan fingerprint density at radius 2 is 2.25 bits per heavy atom. The summed E-state index contributed by atoms with van der Waals surface area (Å²) in [4.78, 5) is 26.4. The number of amides is 2. The summed E-state index contributed by atoms with van der Waals surface area (Å²) in [6, 6.07) is 6.04. The molecule has 1 aliphatic rings. The Balaban J connectivity index is 1.57. The standard InChI is InChI=1S/C17H23N5OS/c1-2-21(13-15-7-4-11-24-15)17(23)20-14-6-3-10-22(12-14)16-18-8-5-9-19-16/h4-5,7-9,11,14H,2-3,6,10,12-13H2,1H3,(H,20,23). The van der Waals surface area contributed by atoms with Gasteiger partial charge in [0.2, 0.25) is 5.95 Å². The van der Waals surface area contributed by atoms with Crippen molar-refractivity contribution in [3.05, 3.63) is 40.8 Å². The zero-order valence-electron chi connectivity index (χ0n) is 13.9. The highest BCUT2D eigenvalue weighted by Gasteiger charge is 2.24. The fourth-order valence-electron chi connectivity index (χ4n) is 2.91. The first-order valence-electron chi connectivity index (χ1n) is 8.36. The molecule has 24 heavy (non-hydrogen) atoms. The molecule has 1 aliphatic heterocycles. The third-order valence-electron chi connectivity index (χ3n) is 4.18. The van der Waals surface area contributed by atoms with E-state index < -0.39 is 0 Å². The van der Waals surface area contributed by atoms with Gasteiger partial charge in [0.1, 0.15) is 0 Å². The minimum absolute atomic E-state index is 0.00623. The molecule has 2 aromatic rings. The SMILES string of the molecule is CCN(Cc1cccs1)C(=O)NC1CCCN(c2ncccn2)C1. The van der Waals surface area contributed by atoms with Crippen molar-refractivity contribution in [2.24, 2.45) is 0 Å². The number of piperidine rings is 1. The van der Waals surface area contributed by atoms with Gasteiger partial charge in [-0.3, -0.25) is 0 Å². The van der Waals surface area contributed by atoms with Crippen molar-refractivity contribution in [3.8, 4) is 0 Å². The van der Waals surface area contributed by atoms with Crippen molar-refractivity contribution in [1.29, 1.82) is 0 Å². The van der Waals surface area contributed by atoms with Gasteiger partial charge in [-0.15, -0.1) is 11.3 Å². The van der Waals surface area contributed by atoms with Crippen molar-refractivity contribution < 1.29 is 4.79 Å². The Kier molecular flexibility index (Phi) is 5.63. The predicted octanol–water partition coefficient (Wildman–Crippen LogP) is 2.74. The van der Waals surface area contributed by atoms with E-state index in [2.05, 4.69) is 26.3 Å². The van der Waals surface area contributed by atoms with Crippen LogP contribution in [0.4, 0.5) is 10.7 Å². The number of thiophene rings is 1. The van der Waals surface area contributed by atoms with E-state index in [9.17, 15) is 4.79 Å². The number of rotatable bonds is 5. The number of hydrogen-bond donors (Lipinski definition) is 1. The van der Waals surface area contributed by atoms with Gasteiger partial charge >= 0.3 is 6.03 Å². The normalized spacial score (nSPS) is 17.5. The van der Waals surface area contributed by atoms with Gasteiger partial charge in [0.25, 0.3) is 0 Å². The van der Waals surface area contributed by atoms with Gasteiger partial charge in [-0.05, 0) is 37.3 Å². The minimum Gasteiger partial charge on any atom is -0.339 e. The van der Waals surface area contributed by atoms with E-state index in [0.29, 0.717) is 13.1 Å². The van der Waals surface area contributed by atoms with E-state index in [1.54, 1.807) is 23.7 Å². The number of hydrogen-bond acceptors (Lipinski definition) is 5. The lowest BCUT2D eigenvalue weighted by atomic mass is 10.1. The second-order valence-corrected chi connectivity index (χ2v) is 6.91. The highest BCUT2D eigenvalue weighted by Crippen LogP contribution is 2.16. The molecule has 6 nitrogen and oxygen atoms in total. The van der Waals surface area contributed by atoms with Gasteiger partial charge in [0.05, 0.1) is 6.54 Å². The summed E-state index contributed by atoms with van der Waals surface area (Å²) in [6.07, 6.45) is 5.53. The van der Waals surface area contributed by atoms with Crippen LogP contribution in [0.3, 0.4) is 0 Å². The highest BCUT2D eigenvalue weighted by atomic mass is 32.1. The molecule has 2 amide bonds. The molecule has 0 aliphatic carbocycles. The Morgan fingerprint density at radius 1 is 1.42 bits per heavy atom. The van der Waals surface area contributed by atoms with Gasteiger partial charge in [-0.1, -0.05) is 6.07 Å². The van der Waals surface area contributed by atoms with Gasteiger partial charge in [-0.25, -0.2) is 14.8 Å². The lowest BCUT2D eigenvalue weighted by Crippen LogP contribution is -2.51. The molecule has 2 aromatic heterocycles. The van der Waals surface area contributed by atoms with Crippen LogP contribution in [0.25, 0.3) is 0 Å². The number of anilines is 1. The van der Waals surface area contributed by atoms with E-state index in [4.69, 9.17) is 0 Å². The van der Waals surface area contributed by atoms with Crippen LogP contribution in [0.1, 0.15) is 24.6 Å². The molecule has 0 spiro atoms. The maximum atomic E-state index is 12.6. The Bertz CT molecular complexity index is 634. The first-order chi connectivity index (χ1) is 11.8. The number of urea groups is 1. The van der Waals surface area contributed by atoms with Crippen LogP contribution in [0, 0.1) is 0 Å². The maximum absolute atomic E-state index is 12.6. The Hall–Kier alpha value is -2.15. The highest BCUT2D eigenvalue weighted by molar-refractivity contribution is 7.09. The first-order valence-corrected chi connectivity index (χ1v) is 9.24. The van der Waals surface area contributed by atoms with Crippen LogP contribution < -0.4 is 10.2 Å². The summed E-state index contributed by atoms with van der Waals surface area (Å²) in [7, 11) is 0. The Morgan fingerprint density at radius 3 is 2.96 bits per heavy atom. The predicted molar refractivity (Wildman–Crippen MR) is 96.2 cm³/mol. The fourth-order valence-corrected chi connectivity index (χ4v) is 3.63. The molecule has 128 valence electrons. The molecule has 0 radical (unpaired) electrons. The zero-order valence-corrected chi connectivity index (χ0v) is 14.7. The van der Waals surface area contributed by atoms with Crippen molar-refractivity contribution in [2.45, 2.75) is 32.4 Å². The van der Waals surface area contributed by atoms with E-state index in [-0.39, 0.29) is 12.1 Å². The molecule has 1 N–H and O–H groups in total. The van der Waals surface area contributed by atoms with Gasteiger partial charge in [-0.2, -0.15) is 0 Å². The largest absolute Gasteiger partial charge is 0.339 e. The molecule has 3 rings (SSSR count). The lowest BCUT2D eigenvalue weighted by molar-refractivity contribution is 0.192. The van der Waals surface area contributed by atoms with Crippen LogP contribution in [0.5, 0.6) is 0 Å². The minimum atomic E-state index is 0.00623. The van der Waals surface area contributed by atoms with E-state index >= 15 is 0 Å². The molecule has 0 saturated carbocycles. The van der Waals surface area contributed by atoms with Crippen LogP contribution in [-0.2, 0) is 6.54 Å². The summed E-state index contributed by atoms with van der Waals surface area (Å²) in [6.45, 7) is 5.06. The van der Waals surface area contributed by atoms with E-state index in [1.165, 1.54) is 4.88 Å². The first kappa shape index (κ1) is 16.7. The molecule has 3 heterocycles. The van der Waals surface area contributed by atoms with E-state index in [0.717, 1.165) is 31.9 Å². The molecular formula is C17H23N5OS. The third-order valence-corrected chi connectivity index (χ3v) is 5.04. The average molecular weight is 345 g/mol. The smallest absolute Gasteiger partial charge is 0.317 e. The second-order valence-electron chi connectivity index (χ2n) is 5.88. The maximum Gasteiger partial charge on any atom is 0.317 e. The monoisotopic (exact) mass is 345 g/mol. The summed E-state index contributed by atoms with van der Waals surface area (Å²) >= 11 is 1.68. The van der Waals surface area contributed by atoms with Crippen LogP contribution >= 0.6 is 11.3 Å². The molecule has 0 aromatic carbocycles. The average Bonchev–Trinajstić information content (AvgIpc) is 3.14. The van der Waals surface area contributed by atoms with Crippen molar-refractivity contribution in [1.82, 2.24) is 20.2 Å². The molecule has 1 fully saturated rings. The number of carbonyl (C=O) groups excluding carboxylic acids is 1. The molecule has 0 bridgehead atoms. The summed E-state index contributed by atoms with van der Waals surface area (Å²) < 4.78 is 0. The lowest BCUT2D eigenvalue weighted by Gasteiger charge is -2.34. The molecule has 1 unspecified atom stereocenters. The van der Waals surface area contributed by atoms with Crippen molar-refractivity contribution in [2.75, 3.05) is 24.5 Å². The third kappa shape index (κ3) is 4.23. The summed E-state index contributed by atoms with van der Waals surface area (Å²) in [5.74, 6) is 0.738. The zero-order chi connectivity index (χ0) is 16.8. The Labute approximate surface area is 146 Å².